The quantitative estimate of drug-likeness (QED) is 0.396. The minimum atomic E-state index is -0.488. The van der Waals surface area contributed by atoms with E-state index in [1.54, 1.807) is 35.4 Å². The van der Waals surface area contributed by atoms with Gasteiger partial charge in [-0.1, -0.05) is 18.2 Å². The molecule has 1 aromatic carbocycles. The van der Waals surface area contributed by atoms with Gasteiger partial charge in [0, 0.05) is 29.7 Å². The molecular formula is C23H17N5O2. The maximum atomic E-state index is 12.5. The fraction of sp³-hybridized carbons (Fsp3) is 0.0435. The van der Waals surface area contributed by atoms with Gasteiger partial charge < -0.3 is 9.73 Å². The Labute approximate surface area is 172 Å². The first-order valence-corrected chi connectivity index (χ1v) is 9.22. The van der Waals surface area contributed by atoms with Crippen molar-refractivity contribution >= 4 is 12.0 Å². The fourth-order valence-corrected chi connectivity index (χ4v) is 2.91. The average molecular weight is 395 g/mol. The van der Waals surface area contributed by atoms with Crippen molar-refractivity contribution in [2.24, 2.45) is 0 Å². The Morgan fingerprint density at radius 1 is 1.17 bits per heavy atom. The van der Waals surface area contributed by atoms with Crippen molar-refractivity contribution in [3.05, 3.63) is 96.3 Å². The second kappa shape index (κ2) is 8.71. The summed E-state index contributed by atoms with van der Waals surface area (Å²) in [5, 5.41) is 16.9. The molecule has 0 aliphatic carbocycles. The van der Waals surface area contributed by atoms with E-state index in [1.165, 1.54) is 12.3 Å². The molecule has 1 N–H and O–H groups in total. The molecule has 0 spiro atoms. The van der Waals surface area contributed by atoms with Crippen LogP contribution in [0.1, 0.15) is 11.3 Å². The lowest BCUT2D eigenvalue weighted by Crippen LogP contribution is -2.23. The summed E-state index contributed by atoms with van der Waals surface area (Å²) >= 11 is 0. The SMILES string of the molecule is N#C/C(=C\c1cn(-c2ccccc2)nc1-c1cccnc1)C(=O)NCc1ccco1. The van der Waals surface area contributed by atoms with Gasteiger partial charge in [0.1, 0.15) is 23.1 Å². The van der Waals surface area contributed by atoms with Crippen molar-refractivity contribution in [2.75, 3.05) is 0 Å². The molecule has 3 aromatic heterocycles. The Morgan fingerprint density at radius 2 is 2.03 bits per heavy atom. The van der Waals surface area contributed by atoms with Crippen molar-refractivity contribution in [1.82, 2.24) is 20.1 Å². The number of amides is 1. The van der Waals surface area contributed by atoms with Crippen LogP contribution < -0.4 is 5.32 Å². The Hall–Kier alpha value is -4.44. The molecule has 1 amide bonds. The van der Waals surface area contributed by atoms with E-state index in [4.69, 9.17) is 4.42 Å². The van der Waals surface area contributed by atoms with Crippen LogP contribution in [0.4, 0.5) is 0 Å². The first kappa shape index (κ1) is 18.9. The number of hydrogen-bond acceptors (Lipinski definition) is 5. The van der Waals surface area contributed by atoms with E-state index in [2.05, 4.69) is 15.4 Å². The fourth-order valence-electron chi connectivity index (χ4n) is 2.91. The van der Waals surface area contributed by atoms with Crippen molar-refractivity contribution < 1.29 is 9.21 Å². The highest BCUT2D eigenvalue weighted by Crippen LogP contribution is 2.25. The largest absolute Gasteiger partial charge is 0.467 e. The average Bonchev–Trinajstić information content (AvgIpc) is 3.47. The van der Waals surface area contributed by atoms with Gasteiger partial charge in [0.2, 0.25) is 0 Å². The van der Waals surface area contributed by atoms with Gasteiger partial charge in [-0.25, -0.2) is 4.68 Å². The first-order valence-electron chi connectivity index (χ1n) is 9.22. The Balaban J connectivity index is 1.69. The topological polar surface area (TPSA) is 96.7 Å². The second-order valence-corrected chi connectivity index (χ2v) is 6.39. The molecule has 7 nitrogen and oxygen atoms in total. The predicted octanol–water partition coefficient (Wildman–Crippen LogP) is 3.75. The second-order valence-electron chi connectivity index (χ2n) is 6.39. The Kier molecular flexibility index (Phi) is 5.49. The number of hydrogen-bond donors (Lipinski definition) is 1. The van der Waals surface area contributed by atoms with Crippen molar-refractivity contribution in [3.63, 3.8) is 0 Å². The lowest BCUT2D eigenvalue weighted by atomic mass is 10.1. The van der Waals surface area contributed by atoms with Crippen molar-refractivity contribution in [2.45, 2.75) is 6.54 Å². The van der Waals surface area contributed by atoms with Crippen LogP contribution in [0, 0.1) is 11.3 Å². The van der Waals surface area contributed by atoms with Crippen molar-refractivity contribution in [3.8, 4) is 23.0 Å². The molecule has 0 unspecified atom stereocenters. The lowest BCUT2D eigenvalue weighted by molar-refractivity contribution is -0.117. The molecular weight excluding hydrogens is 378 g/mol. The Bertz CT molecular complexity index is 1200. The molecule has 0 radical (unpaired) electrons. The van der Waals surface area contributed by atoms with Gasteiger partial charge in [0.05, 0.1) is 18.5 Å². The summed E-state index contributed by atoms with van der Waals surface area (Å²) in [4.78, 5) is 16.7. The number of nitrogens with one attached hydrogen (secondary N) is 1. The molecule has 0 saturated carbocycles. The molecule has 3 heterocycles. The number of nitrogens with zero attached hydrogens (tertiary/aromatic N) is 4. The van der Waals surface area contributed by atoms with Crippen LogP contribution in [0.5, 0.6) is 0 Å². The monoisotopic (exact) mass is 395 g/mol. The van der Waals surface area contributed by atoms with E-state index in [0.717, 1.165) is 11.3 Å². The number of benzene rings is 1. The molecule has 0 aliphatic rings. The third-order valence-corrected chi connectivity index (χ3v) is 4.37. The van der Waals surface area contributed by atoms with E-state index < -0.39 is 5.91 Å². The number of carbonyl (C=O) groups is 1. The van der Waals surface area contributed by atoms with Crippen LogP contribution in [0.15, 0.2) is 89.4 Å². The van der Waals surface area contributed by atoms with E-state index in [9.17, 15) is 10.1 Å². The van der Waals surface area contributed by atoms with Crippen LogP contribution in [-0.4, -0.2) is 20.7 Å². The number of nitriles is 1. The van der Waals surface area contributed by atoms with E-state index >= 15 is 0 Å². The third kappa shape index (κ3) is 4.18. The van der Waals surface area contributed by atoms with E-state index in [-0.39, 0.29) is 12.1 Å². The number of carbonyl (C=O) groups excluding carboxylic acids is 1. The summed E-state index contributed by atoms with van der Waals surface area (Å²) in [5.41, 5.74) is 2.88. The van der Waals surface area contributed by atoms with Gasteiger partial charge in [0.15, 0.2) is 0 Å². The summed E-state index contributed by atoms with van der Waals surface area (Å²) in [6.45, 7) is 0.198. The maximum Gasteiger partial charge on any atom is 0.262 e. The highest BCUT2D eigenvalue weighted by atomic mass is 16.3. The standard InChI is InChI=1S/C23H17N5O2/c24-13-18(23(29)26-15-21-9-5-11-30-21)12-19-16-28(20-7-2-1-3-8-20)27-22(19)17-6-4-10-25-14-17/h1-12,14,16H,15H2,(H,26,29)/b18-12+. The summed E-state index contributed by atoms with van der Waals surface area (Å²) in [6, 6.07) is 18.8. The smallest absolute Gasteiger partial charge is 0.262 e. The minimum Gasteiger partial charge on any atom is -0.467 e. The third-order valence-electron chi connectivity index (χ3n) is 4.37. The number of para-hydroxylation sites is 1. The van der Waals surface area contributed by atoms with Crippen LogP contribution in [0.3, 0.4) is 0 Å². The highest BCUT2D eigenvalue weighted by Gasteiger charge is 2.15. The van der Waals surface area contributed by atoms with Crippen LogP contribution in [0.2, 0.25) is 0 Å². The Morgan fingerprint density at radius 3 is 2.73 bits per heavy atom. The molecule has 0 saturated heterocycles. The lowest BCUT2D eigenvalue weighted by Gasteiger charge is -2.02. The molecule has 4 aromatic rings. The van der Waals surface area contributed by atoms with Crippen LogP contribution in [-0.2, 0) is 11.3 Å². The number of furan rings is 1. The molecule has 0 aliphatic heterocycles. The molecule has 0 bridgehead atoms. The summed E-state index contributed by atoms with van der Waals surface area (Å²) in [6.07, 6.45) is 8.22. The summed E-state index contributed by atoms with van der Waals surface area (Å²) in [7, 11) is 0. The van der Waals surface area contributed by atoms with E-state index in [0.29, 0.717) is 17.0 Å². The van der Waals surface area contributed by atoms with Gasteiger partial charge in [-0.2, -0.15) is 10.4 Å². The highest BCUT2D eigenvalue weighted by molar-refractivity contribution is 6.02. The van der Waals surface area contributed by atoms with Gasteiger partial charge in [-0.15, -0.1) is 0 Å². The number of aromatic nitrogens is 3. The molecule has 0 atom stereocenters. The zero-order valence-corrected chi connectivity index (χ0v) is 15.9. The van der Waals surface area contributed by atoms with Gasteiger partial charge in [-0.3, -0.25) is 9.78 Å². The number of pyridine rings is 1. The molecule has 4 rings (SSSR count). The zero-order valence-electron chi connectivity index (χ0n) is 15.9. The molecule has 0 fully saturated rings. The summed E-state index contributed by atoms with van der Waals surface area (Å²) < 4.78 is 6.92. The van der Waals surface area contributed by atoms with E-state index in [1.807, 2.05) is 48.5 Å². The molecule has 146 valence electrons. The van der Waals surface area contributed by atoms with Crippen LogP contribution >= 0.6 is 0 Å². The van der Waals surface area contributed by atoms with Crippen LogP contribution in [0.25, 0.3) is 23.0 Å². The van der Waals surface area contributed by atoms with Crippen molar-refractivity contribution in [1.29, 1.82) is 5.26 Å². The van der Waals surface area contributed by atoms with Gasteiger partial charge in [0.25, 0.3) is 5.91 Å². The van der Waals surface area contributed by atoms with Gasteiger partial charge in [-0.05, 0) is 42.5 Å². The maximum absolute atomic E-state index is 12.5. The minimum absolute atomic E-state index is 0.0284. The zero-order chi connectivity index (χ0) is 20.8. The number of rotatable bonds is 6. The predicted molar refractivity (Wildman–Crippen MR) is 111 cm³/mol. The first-order chi connectivity index (χ1) is 14.7. The molecule has 30 heavy (non-hydrogen) atoms. The summed E-state index contributed by atoms with van der Waals surface area (Å²) in [5.74, 6) is 0.118. The molecule has 7 heteroatoms. The van der Waals surface area contributed by atoms with Gasteiger partial charge >= 0.3 is 0 Å². The normalized spacial score (nSPS) is 11.1.